The third-order valence-electron chi connectivity index (χ3n) is 4.96. The fourth-order valence-electron chi connectivity index (χ4n) is 3.35. The van der Waals surface area contributed by atoms with Crippen LogP contribution in [0.2, 0.25) is 0 Å². The van der Waals surface area contributed by atoms with Crippen molar-refractivity contribution in [1.29, 1.82) is 0 Å². The van der Waals surface area contributed by atoms with Gasteiger partial charge in [-0.3, -0.25) is 4.79 Å². The average Bonchev–Trinajstić information content (AvgIpc) is 3.13. The Bertz CT molecular complexity index is 1110. The second-order valence-corrected chi connectivity index (χ2v) is 8.02. The van der Waals surface area contributed by atoms with Crippen molar-refractivity contribution in [1.82, 2.24) is 30.1 Å². The number of aromatic amines is 1. The lowest BCUT2D eigenvalue weighted by molar-refractivity contribution is -0.121. The number of aromatic nitrogens is 5. The molecule has 1 fully saturated rings. The minimum atomic E-state index is 0.0585. The SMILES string of the molecule is O=C(CCc1nn2c(C3CC3)nnc2s1)NCCc1c[nH]c2ccccc12. The summed E-state index contributed by atoms with van der Waals surface area (Å²) >= 11 is 1.52. The Morgan fingerprint density at radius 1 is 1.26 bits per heavy atom. The number of carbonyl (C=O) groups is 1. The quantitative estimate of drug-likeness (QED) is 0.516. The zero-order valence-electron chi connectivity index (χ0n) is 14.8. The molecule has 0 bridgehead atoms. The summed E-state index contributed by atoms with van der Waals surface area (Å²) in [5.74, 6) is 1.54. The maximum absolute atomic E-state index is 12.2. The Hall–Kier alpha value is -2.74. The minimum absolute atomic E-state index is 0.0585. The molecule has 1 aliphatic rings. The van der Waals surface area contributed by atoms with Gasteiger partial charge < -0.3 is 10.3 Å². The van der Waals surface area contributed by atoms with E-state index in [-0.39, 0.29) is 5.91 Å². The van der Waals surface area contributed by atoms with Gasteiger partial charge in [0.15, 0.2) is 5.82 Å². The van der Waals surface area contributed by atoms with Gasteiger partial charge in [0.2, 0.25) is 10.9 Å². The van der Waals surface area contributed by atoms with Gasteiger partial charge in [0.1, 0.15) is 5.01 Å². The Morgan fingerprint density at radius 3 is 3.04 bits per heavy atom. The van der Waals surface area contributed by atoms with E-state index in [0.717, 1.165) is 27.7 Å². The van der Waals surface area contributed by atoms with Crippen LogP contribution in [0.15, 0.2) is 30.5 Å². The van der Waals surface area contributed by atoms with Gasteiger partial charge in [-0.15, -0.1) is 10.2 Å². The van der Waals surface area contributed by atoms with Gasteiger partial charge in [-0.2, -0.15) is 9.61 Å². The molecule has 1 saturated carbocycles. The summed E-state index contributed by atoms with van der Waals surface area (Å²) in [5.41, 5.74) is 2.36. The highest BCUT2D eigenvalue weighted by atomic mass is 32.1. The van der Waals surface area contributed by atoms with E-state index in [0.29, 0.717) is 25.3 Å². The van der Waals surface area contributed by atoms with E-state index >= 15 is 0 Å². The van der Waals surface area contributed by atoms with E-state index in [4.69, 9.17) is 0 Å². The summed E-state index contributed by atoms with van der Waals surface area (Å²) in [6.07, 6.45) is 6.26. The van der Waals surface area contributed by atoms with E-state index in [1.54, 1.807) is 0 Å². The van der Waals surface area contributed by atoms with Crippen molar-refractivity contribution in [3.8, 4) is 0 Å². The largest absolute Gasteiger partial charge is 0.361 e. The predicted molar refractivity (Wildman–Crippen MR) is 104 cm³/mol. The van der Waals surface area contributed by atoms with Crippen LogP contribution in [0.5, 0.6) is 0 Å². The fourth-order valence-corrected chi connectivity index (χ4v) is 4.19. The summed E-state index contributed by atoms with van der Waals surface area (Å²) in [6, 6.07) is 8.22. The Balaban J connectivity index is 1.13. The minimum Gasteiger partial charge on any atom is -0.361 e. The first kappa shape index (κ1) is 16.4. The lowest BCUT2D eigenvalue weighted by Gasteiger charge is -2.04. The summed E-state index contributed by atoms with van der Waals surface area (Å²) in [7, 11) is 0. The summed E-state index contributed by atoms with van der Waals surface area (Å²) in [4.78, 5) is 16.3. The number of aryl methyl sites for hydroxylation is 1. The van der Waals surface area contributed by atoms with Gasteiger partial charge >= 0.3 is 0 Å². The predicted octanol–water partition coefficient (Wildman–Crippen LogP) is 2.84. The number of hydrogen-bond acceptors (Lipinski definition) is 5. The van der Waals surface area contributed by atoms with Gasteiger partial charge in [0, 0.05) is 42.4 Å². The number of amides is 1. The second-order valence-electron chi connectivity index (χ2n) is 6.98. The van der Waals surface area contributed by atoms with E-state index < -0.39 is 0 Å². The van der Waals surface area contributed by atoms with Gasteiger partial charge in [-0.25, -0.2) is 0 Å². The molecule has 2 N–H and O–H groups in total. The monoisotopic (exact) mass is 380 g/mol. The molecule has 138 valence electrons. The Kier molecular flexibility index (Phi) is 4.12. The smallest absolute Gasteiger partial charge is 0.234 e. The van der Waals surface area contributed by atoms with Crippen molar-refractivity contribution in [2.45, 2.75) is 38.0 Å². The number of hydrogen-bond donors (Lipinski definition) is 2. The Morgan fingerprint density at radius 2 is 2.15 bits per heavy atom. The molecule has 3 aromatic heterocycles. The van der Waals surface area contributed by atoms with Crippen molar-refractivity contribution in [3.63, 3.8) is 0 Å². The summed E-state index contributed by atoms with van der Waals surface area (Å²) < 4.78 is 1.85. The zero-order valence-corrected chi connectivity index (χ0v) is 15.6. The first-order chi connectivity index (χ1) is 13.3. The van der Waals surface area contributed by atoms with Crippen molar-refractivity contribution in [2.24, 2.45) is 0 Å². The van der Waals surface area contributed by atoms with Gasteiger partial charge in [0.05, 0.1) is 0 Å². The maximum atomic E-state index is 12.2. The van der Waals surface area contributed by atoms with Crippen LogP contribution >= 0.6 is 11.3 Å². The van der Waals surface area contributed by atoms with Gasteiger partial charge in [-0.05, 0) is 30.9 Å². The molecule has 1 amide bonds. The molecule has 5 rings (SSSR count). The maximum Gasteiger partial charge on any atom is 0.234 e. The molecular formula is C19H20N6OS. The van der Waals surface area contributed by atoms with E-state index in [1.165, 1.54) is 35.1 Å². The standard InChI is InChI=1S/C19H20N6OS/c26-16(20-10-9-13-11-21-15-4-2-1-3-14(13)15)7-8-17-24-25-18(12-5-6-12)22-23-19(25)27-17/h1-4,11-12,21H,5-10H2,(H,20,26). The van der Waals surface area contributed by atoms with Crippen molar-refractivity contribution in [2.75, 3.05) is 6.54 Å². The molecule has 0 radical (unpaired) electrons. The number of H-pyrrole nitrogens is 1. The average molecular weight is 380 g/mol. The molecule has 0 aliphatic heterocycles. The van der Waals surface area contributed by atoms with Crippen LogP contribution in [0.4, 0.5) is 0 Å². The van der Waals surface area contributed by atoms with Crippen molar-refractivity contribution >= 4 is 33.1 Å². The molecule has 4 aromatic rings. The number of benzene rings is 1. The van der Waals surface area contributed by atoms with Crippen LogP contribution in [0.3, 0.4) is 0 Å². The second kappa shape index (κ2) is 6.77. The molecule has 0 atom stereocenters. The van der Waals surface area contributed by atoms with Crippen LogP contribution < -0.4 is 5.32 Å². The highest BCUT2D eigenvalue weighted by Gasteiger charge is 2.30. The summed E-state index contributed by atoms with van der Waals surface area (Å²) in [6.45, 7) is 0.637. The number of carbonyl (C=O) groups excluding carboxylic acids is 1. The number of nitrogens with zero attached hydrogens (tertiary/aromatic N) is 4. The molecule has 3 heterocycles. The van der Waals surface area contributed by atoms with Crippen LogP contribution in [0.25, 0.3) is 15.9 Å². The molecule has 1 aromatic carbocycles. The van der Waals surface area contributed by atoms with Crippen LogP contribution in [0, 0.1) is 0 Å². The number of para-hydroxylation sites is 1. The lowest BCUT2D eigenvalue weighted by Crippen LogP contribution is -2.25. The molecule has 0 unspecified atom stereocenters. The van der Waals surface area contributed by atoms with Gasteiger partial charge in [0.25, 0.3) is 0 Å². The van der Waals surface area contributed by atoms with Gasteiger partial charge in [-0.1, -0.05) is 29.5 Å². The molecule has 7 nitrogen and oxygen atoms in total. The molecule has 8 heteroatoms. The third-order valence-corrected chi connectivity index (χ3v) is 5.92. The molecule has 27 heavy (non-hydrogen) atoms. The van der Waals surface area contributed by atoms with Crippen molar-refractivity contribution in [3.05, 3.63) is 46.9 Å². The van der Waals surface area contributed by atoms with E-state index in [9.17, 15) is 4.79 Å². The van der Waals surface area contributed by atoms with E-state index in [2.05, 4.69) is 37.7 Å². The normalized spacial score (nSPS) is 14.2. The van der Waals surface area contributed by atoms with E-state index in [1.807, 2.05) is 22.8 Å². The number of fused-ring (bicyclic) bond motifs is 2. The van der Waals surface area contributed by atoms with Crippen LogP contribution in [0.1, 0.15) is 41.6 Å². The first-order valence-electron chi connectivity index (χ1n) is 9.30. The third kappa shape index (κ3) is 3.32. The summed E-state index contributed by atoms with van der Waals surface area (Å²) in [5, 5.41) is 18.2. The highest BCUT2D eigenvalue weighted by Crippen LogP contribution is 2.39. The number of rotatable bonds is 7. The highest BCUT2D eigenvalue weighted by molar-refractivity contribution is 7.16. The molecular weight excluding hydrogens is 360 g/mol. The fraction of sp³-hybridized carbons (Fsp3) is 0.368. The zero-order chi connectivity index (χ0) is 18.2. The molecule has 0 spiro atoms. The molecule has 1 aliphatic carbocycles. The van der Waals surface area contributed by atoms with Crippen molar-refractivity contribution < 1.29 is 4.79 Å². The number of nitrogens with one attached hydrogen (secondary N) is 2. The molecule has 0 saturated heterocycles. The van der Waals surface area contributed by atoms with Crippen LogP contribution in [-0.4, -0.2) is 37.2 Å². The van der Waals surface area contributed by atoms with Crippen LogP contribution in [-0.2, 0) is 17.6 Å². The lowest BCUT2D eigenvalue weighted by atomic mass is 10.1. The topological polar surface area (TPSA) is 88.0 Å². The Labute approximate surface area is 159 Å². The first-order valence-corrected chi connectivity index (χ1v) is 10.1.